The highest BCUT2D eigenvalue weighted by molar-refractivity contribution is 14.1. The lowest BCUT2D eigenvalue weighted by Crippen LogP contribution is -1.96. The molecule has 3 rings (SSSR count). The minimum absolute atomic E-state index is 0.0963. The summed E-state index contributed by atoms with van der Waals surface area (Å²) in [7, 11) is 1.66. The van der Waals surface area contributed by atoms with Crippen molar-refractivity contribution < 1.29 is 9.84 Å². The maximum Gasteiger partial charge on any atom is 0.131 e. The molecule has 5 heteroatoms. The first kappa shape index (κ1) is 18.4. The van der Waals surface area contributed by atoms with Crippen LogP contribution in [0.2, 0.25) is 10.0 Å². The van der Waals surface area contributed by atoms with Crippen molar-refractivity contribution in [3.8, 4) is 22.6 Å². The number of phenolic OH excluding ortho intramolecular Hbond substituents is 1. The van der Waals surface area contributed by atoms with E-state index in [2.05, 4.69) is 6.07 Å². The van der Waals surface area contributed by atoms with Gasteiger partial charge in [-0.25, -0.2) is 0 Å². The molecule has 3 aromatic rings. The molecular formula is C20H15Cl2IO2. The molecule has 0 unspecified atom stereocenters. The largest absolute Gasteiger partial charge is 0.507 e. The van der Waals surface area contributed by atoms with Gasteiger partial charge in [0.2, 0.25) is 0 Å². The van der Waals surface area contributed by atoms with E-state index in [9.17, 15) is 5.11 Å². The minimum atomic E-state index is 0.0963. The van der Waals surface area contributed by atoms with Gasteiger partial charge in [0.1, 0.15) is 11.5 Å². The van der Waals surface area contributed by atoms with Gasteiger partial charge in [0.05, 0.1) is 15.7 Å². The number of hydrogen-bond acceptors (Lipinski definition) is 2. The van der Waals surface area contributed by atoms with Crippen molar-refractivity contribution in [2.75, 3.05) is 7.11 Å². The van der Waals surface area contributed by atoms with Crippen LogP contribution in [0.15, 0.2) is 54.6 Å². The number of rotatable bonds is 4. The van der Waals surface area contributed by atoms with Crippen LogP contribution >= 0.6 is 45.8 Å². The standard InChI is InChI=1S/C20H15Cl2IO2/c1-25-18-8-7-12(9-14(18)13-5-3-2-4-6-13)10-15-16(21)11-17(24)20(23)19(15)22/h2-9,11,24H,10H2,1H3. The molecule has 0 amide bonds. The Morgan fingerprint density at radius 1 is 1.04 bits per heavy atom. The maximum atomic E-state index is 9.84. The number of halogens is 3. The Morgan fingerprint density at radius 3 is 2.44 bits per heavy atom. The SMILES string of the molecule is COc1ccc(Cc2c(Cl)cc(O)c(I)c2Cl)cc1-c1ccccc1. The molecule has 0 saturated heterocycles. The molecule has 0 radical (unpaired) electrons. The molecule has 0 aliphatic carbocycles. The lowest BCUT2D eigenvalue weighted by atomic mass is 9.98. The van der Waals surface area contributed by atoms with E-state index in [0.29, 0.717) is 20.0 Å². The molecule has 1 N–H and O–H groups in total. The quantitative estimate of drug-likeness (QED) is 0.335. The van der Waals surface area contributed by atoms with Crippen LogP contribution < -0.4 is 4.74 Å². The third kappa shape index (κ3) is 3.89. The first-order valence-electron chi connectivity index (χ1n) is 7.59. The fraction of sp³-hybridized carbons (Fsp3) is 0.100. The summed E-state index contributed by atoms with van der Waals surface area (Å²) in [6, 6.07) is 17.6. The summed E-state index contributed by atoms with van der Waals surface area (Å²) >= 11 is 14.7. The van der Waals surface area contributed by atoms with E-state index >= 15 is 0 Å². The second kappa shape index (κ2) is 7.85. The van der Waals surface area contributed by atoms with E-state index in [1.807, 2.05) is 65.1 Å². The van der Waals surface area contributed by atoms with Gasteiger partial charge in [-0.1, -0.05) is 59.6 Å². The molecule has 0 aromatic heterocycles. The number of benzene rings is 3. The van der Waals surface area contributed by atoms with E-state index in [-0.39, 0.29) is 5.75 Å². The summed E-state index contributed by atoms with van der Waals surface area (Å²) in [5.41, 5.74) is 3.96. The lowest BCUT2D eigenvalue weighted by molar-refractivity contribution is 0.416. The number of aromatic hydroxyl groups is 1. The molecule has 0 fully saturated rings. The average molecular weight is 485 g/mol. The molecule has 0 aliphatic rings. The molecule has 0 heterocycles. The summed E-state index contributed by atoms with van der Waals surface area (Å²) in [5, 5.41) is 10.8. The third-order valence-corrected chi connectivity index (χ3v) is 6.13. The third-order valence-electron chi connectivity index (χ3n) is 3.96. The first-order chi connectivity index (χ1) is 12.0. The van der Waals surface area contributed by atoms with Crippen molar-refractivity contribution in [1.82, 2.24) is 0 Å². The molecule has 3 aromatic carbocycles. The Bertz CT molecular complexity index is 911. The highest BCUT2D eigenvalue weighted by Crippen LogP contribution is 2.38. The van der Waals surface area contributed by atoms with Crippen LogP contribution in [0.3, 0.4) is 0 Å². The zero-order valence-corrected chi connectivity index (χ0v) is 17.1. The fourth-order valence-corrected chi connectivity index (χ4v) is 3.75. The Labute approximate surface area is 170 Å². The van der Waals surface area contributed by atoms with Gasteiger partial charge in [-0.2, -0.15) is 0 Å². The number of phenols is 1. The van der Waals surface area contributed by atoms with Crippen molar-refractivity contribution in [3.05, 3.63) is 79.3 Å². The average Bonchev–Trinajstić information content (AvgIpc) is 2.64. The first-order valence-corrected chi connectivity index (χ1v) is 9.42. The maximum absolute atomic E-state index is 9.84. The van der Waals surface area contributed by atoms with Crippen LogP contribution in [-0.2, 0) is 6.42 Å². The Kier molecular flexibility index (Phi) is 5.77. The van der Waals surface area contributed by atoms with Crippen molar-refractivity contribution in [1.29, 1.82) is 0 Å². The molecule has 0 spiro atoms. The van der Waals surface area contributed by atoms with Gasteiger partial charge in [0.25, 0.3) is 0 Å². The molecular weight excluding hydrogens is 470 g/mol. The molecule has 0 atom stereocenters. The summed E-state index contributed by atoms with van der Waals surface area (Å²) in [6.45, 7) is 0. The Hall–Kier alpha value is -1.43. The summed E-state index contributed by atoms with van der Waals surface area (Å²) in [4.78, 5) is 0. The van der Waals surface area contributed by atoms with E-state index in [1.165, 1.54) is 6.07 Å². The molecule has 0 saturated carbocycles. The Balaban J connectivity index is 2.04. The van der Waals surface area contributed by atoms with Gasteiger partial charge >= 0.3 is 0 Å². The highest BCUT2D eigenvalue weighted by atomic mass is 127. The second-order valence-electron chi connectivity index (χ2n) is 5.56. The monoisotopic (exact) mass is 484 g/mol. The highest BCUT2D eigenvalue weighted by Gasteiger charge is 2.15. The van der Waals surface area contributed by atoms with Crippen LogP contribution in [-0.4, -0.2) is 12.2 Å². The van der Waals surface area contributed by atoms with E-state index in [4.69, 9.17) is 27.9 Å². The number of ether oxygens (including phenoxy) is 1. The van der Waals surface area contributed by atoms with E-state index in [1.54, 1.807) is 7.11 Å². The summed E-state index contributed by atoms with van der Waals surface area (Å²) in [6.07, 6.45) is 0.567. The molecule has 0 aliphatic heterocycles. The predicted octanol–water partition coefficient (Wildman–Crippen LogP) is 6.57. The van der Waals surface area contributed by atoms with Crippen LogP contribution in [0, 0.1) is 3.57 Å². The summed E-state index contributed by atoms with van der Waals surface area (Å²) < 4.78 is 6.11. The minimum Gasteiger partial charge on any atom is -0.507 e. The zero-order valence-electron chi connectivity index (χ0n) is 13.4. The molecule has 0 bridgehead atoms. The summed E-state index contributed by atoms with van der Waals surface area (Å²) in [5.74, 6) is 0.909. The number of hydrogen-bond donors (Lipinski definition) is 1. The lowest BCUT2D eigenvalue weighted by Gasteiger charge is -2.14. The zero-order chi connectivity index (χ0) is 18.0. The van der Waals surface area contributed by atoms with Gasteiger partial charge < -0.3 is 9.84 Å². The predicted molar refractivity (Wildman–Crippen MR) is 112 cm³/mol. The van der Waals surface area contributed by atoms with Gasteiger partial charge in [-0.05, 0) is 57.5 Å². The van der Waals surface area contributed by atoms with Gasteiger partial charge in [0, 0.05) is 17.0 Å². The van der Waals surface area contributed by atoms with Crippen LogP contribution in [0.25, 0.3) is 11.1 Å². The van der Waals surface area contributed by atoms with Crippen LogP contribution in [0.5, 0.6) is 11.5 Å². The van der Waals surface area contributed by atoms with Gasteiger partial charge in [0.15, 0.2) is 0 Å². The van der Waals surface area contributed by atoms with Crippen molar-refractivity contribution in [2.24, 2.45) is 0 Å². The van der Waals surface area contributed by atoms with Crippen molar-refractivity contribution >= 4 is 45.8 Å². The van der Waals surface area contributed by atoms with E-state index < -0.39 is 0 Å². The van der Waals surface area contributed by atoms with Crippen LogP contribution in [0.4, 0.5) is 0 Å². The van der Waals surface area contributed by atoms with Crippen molar-refractivity contribution in [3.63, 3.8) is 0 Å². The normalized spacial score (nSPS) is 10.7. The van der Waals surface area contributed by atoms with E-state index in [0.717, 1.165) is 28.0 Å². The fourth-order valence-electron chi connectivity index (χ4n) is 2.69. The number of methoxy groups -OCH3 is 1. The Morgan fingerprint density at radius 2 is 1.76 bits per heavy atom. The second-order valence-corrected chi connectivity index (χ2v) is 7.43. The molecule has 25 heavy (non-hydrogen) atoms. The van der Waals surface area contributed by atoms with Gasteiger partial charge in [-0.15, -0.1) is 0 Å². The van der Waals surface area contributed by atoms with Crippen molar-refractivity contribution in [2.45, 2.75) is 6.42 Å². The van der Waals surface area contributed by atoms with Gasteiger partial charge in [-0.3, -0.25) is 0 Å². The molecule has 128 valence electrons. The smallest absolute Gasteiger partial charge is 0.131 e. The van der Waals surface area contributed by atoms with Crippen LogP contribution in [0.1, 0.15) is 11.1 Å². The molecule has 2 nitrogen and oxygen atoms in total. The topological polar surface area (TPSA) is 29.5 Å².